The van der Waals surface area contributed by atoms with Crippen molar-refractivity contribution in [1.29, 1.82) is 0 Å². The van der Waals surface area contributed by atoms with E-state index in [0.29, 0.717) is 24.3 Å². The van der Waals surface area contributed by atoms with Gasteiger partial charge in [0, 0.05) is 11.3 Å². The molecular weight excluding hydrogens is 358 g/mol. The number of para-hydroxylation sites is 2. The van der Waals surface area contributed by atoms with E-state index in [1.807, 2.05) is 78.9 Å². The minimum Gasteiger partial charge on any atom is -0.491 e. The molecule has 5 heteroatoms. The Labute approximate surface area is 163 Å². The van der Waals surface area contributed by atoms with Gasteiger partial charge in [-0.25, -0.2) is 0 Å². The summed E-state index contributed by atoms with van der Waals surface area (Å²) in [5.41, 5.74) is 1.90. The molecule has 0 saturated heterocycles. The third kappa shape index (κ3) is 6.47. The molecule has 0 amide bonds. The molecule has 0 fully saturated rings. The van der Waals surface area contributed by atoms with Crippen molar-refractivity contribution in [1.82, 2.24) is 0 Å². The summed E-state index contributed by atoms with van der Waals surface area (Å²) in [4.78, 5) is 12.5. The predicted octanol–water partition coefficient (Wildman–Crippen LogP) is 5.21. The van der Waals surface area contributed by atoms with Crippen LogP contribution in [0.25, 0.3) is 0 Å². The van der Waals surface area contributed by atoms with Crippen molar-refractivity contribution in [3.63, 3.8) is 0 Å². The van der Waals surface area contributed by atoms with Gasteiger partial charge in [-0.15, -0.1) is 0 Å². The van der Waals surface area contributed by atoms with E-state index < -0.39 is 0 Å². The highest BCUT2D eigenvalue weighted by Gasteiger charge is 2.18. The molecule has 3 aromatic carbocycles. The molecule has 4 nitrogen and oxygen atoms in total. The second-order valence-electron chi connectivity index (χ2n) is 5.54. The molecule has 0 aliphatic heterocycles. The minimum atomic E-state index is -0.0852. The first-order chi connectivity index (χ1) is 13.3. The average molecular weight is 378 g/mol. The van der Waals surface area contributed by atoms with Crippen molar-refractivity contribution in [3.8, 4) is 5.75 Å². The van der Waals surface area contributed by atoms with Crippen molar-refractivity contribution in [2.45, 2.75) is 0 Å². The minimum absolute atomic E-state index is 0.0852. The monoisotopic (exact) mass is 378 g/mol. The fourth-order valence-corrected chi connectivity index (χ4v) is 2.99. The van der Waals surface area contributed by atoms with Crippen LogP contribution in [0, 0.1) is 5.56 Å². The van der Waals surface area contributed by atoms with Gasteiger partial charge < -0.3 is 14.8 Å². The van der Waals surface area contributed by atoms with E-state index in [1.54, 1.807) is 12.1 Å². The van der Waals surface area contributed by atoms with Gasteiger partial charge in [0.25, 0.3) is 5.56 Å². The molecular formula is C22H20NO3S. The van der Waals surface area contributed by atoms with E-state index in [0.717, 1.165) is 23.2 Å². The Morgan fingerprint density at radius 3 is 2.04 bits per heavy atom. The number of nitrogens with one attached hydrogen (secondary N) is 1. The molecule has 137 valence electrons. The van der Waals surface area contributed by atoms with Gasteiger partial charge in [0.1, 0.15) is 12.4 Å². The van der Waals surface area contributed by atoms with Gasteiger partial charge in [-0.2, -0.15) is 0 Å². The maximum absolute atomic E-state index is 12.5. The summed E-state index contributed by atoms with van der Waals surface area (Å²) in [6, 6.07) is 28.3. The van der Waals surface area contributed by atoms with Gasteiger partial charge >= 0.3 is 0 Å². The van der Waals surface area contributed by atoms with Crippen molar-refractivity contribution >= 4 is 22.6 Å². The standard InChI is InChI=1S/C22H20NO3S/c24-21(18-10-4-1-5-11-18)27-22(23-19-12-6-2-7-13-19)26-17-16-25-20-14-8-3-9-15-20/h1-15,23H,16-17H2. The normalized spacial score (nSPS) is 10.6. The molecule has 3 aromatic rings. The molecule has 0 heterocycles. The van der Waals surface area contributed by atoms with Gasteiger partial charge in [-0.1, -0.05) is 66.7 Å². The number of rotatable bonds is 9. The van der Waals surface area contributed by atoms with E-state index in [1.165, 1.54) is 0 Å². The average Bonchev–Trinajstić information content (AvgIpc) is 2.73. The van der Waals surface area contributed by atoms with Gasteiger partial charge in [-0.05, 0) is 36.0 Å². The number of hydrogen-bond acceptors (Lipinski definition) is 5. The van der Waals surface area contributed by atoms with Crippen molar-refractivity contribution in [2.75, 3.05) is 18.5 Å². The number of ether oxygens (including phenoxy) is 2. The fraction of sp³-hybridized carbons (Fsp3) is 0.0909. The Balaban J connectivity index is 1.56. The third-order valence-electron chi connectivity index (χ3n) is 3.54. The summed E-state index contributed by atoms with van der Waals surface area (Å²) < 4.78 is 11.4. The molecule has 3 rings (SSSR count). The quantitative estimate of drug-likeness (QED) is 0.518. The zero-order valence-corrected chi connectivity index (χ0v) is 15.5. The van der Waals surface area contributed by atoms with E-state index in [4.69, 9.17) is 9.47 Å². The number of carbonyl (C=O) groups excluding carboxylic acids is 1. The molecule has 0 aromatic heterocycles. The molecule has 27 heavy (non-hydrogen) atoms. The topological polar surface area (TPSA) is 47.6 Å². The van der Waals surface area contributed by atoms with Gasteiger partial charge in [0.15, 0.2) is 0 Å². The lowest BCUT2D eigenvalue weighted by Crippen LogP contribution is -2.17. The number of anilines is 1. The third-order valence-corrected chi connectivity index (χ3v) is 4.37. The molecule has 1 radical (unpaired) electrons. The molecule has 0 aliphatic rings. The first-order valence-corrected chi connectivity index (χ1v) is 9.40. The zero-order valence-electron chi connectivity index (χ0n) is 14.7. The maximum atomic E-state index is 12.5. The molecule has 1 N–H and O–H groups in total. The highest BCUT2D eigenvalue weighted by atomic mass is 32.2. The summed E-state index contributed by atoms with van der Waals surface area (Å²) in [5.74, 6) is 0.784. The van der Waals surface area contributed by atoms with Crippen LogP contribution in [0.15, 0.2) is 91.0 Å². The summed E-state index contributed by atoms with van der Waals surface area (Å²) in [6.45, 7) is 0.698. The van der Waals surface area contributed by atoms with Gasteiger partial charge in [-0.3, -0.25) is 4.79 Å². The number of benzene rings is 3. The van der Waals surface area contributed by atoms with Crippen LogP contribution in [-0.2, 0) is 4.74 Å². The number of carbonyl (C=O) groups is 1. The van der Waals surface area contributed by atoms with Crippen molar-refractivity contribution < 1.29 is 14.3 Å². The van der Waals surface area contributed by atoms with Crippen LogP contribution in [0.4, 0.5) is 5.69 Å². The van der Waals surface area contributed by atoms with Crippen molar-refractivity contribution in [2.24, 2.45) is 0 Å². The van der Waals surface area contributed by atoms with Crippen LogP contribution >= 0.6 is 11.8 Å². The van der Waals surface area contributed by atoms with Crippen LogP contribution in [-0.4, -0.2) is 18.3 Å². The first-order valence-electron chi connectivity index (χ1n) is 8.58. The molecule has 0 bridgehead atoms. The Kier molecular flexibility index (Phi) is 7.33. The lowest BCUT2D eigenvalue weighted by molar-refractivity contribution is 0.108. The Bertz CT molecular complexity index is 813. The summed E-state index contributed by atoms with van der Waals surface area (Å²) in [7, 11) is 0. The molecule has 0 spiro atoms. The molecule has 0 atom stereocenters. The Morgan fingerprint density at radius 2 is 1.37 bits per heavy atom. The van der Waals surface area contributed by atoms with Crippen LogP contribution in [0.3, 0.4) is 0 Å². The molecule has 0 aliphatic carbocycles. The highest BCUT2D eigenvalue weighted by Crippen LogP contribution is 2.27. The lowest BCUT2D eigenvalue weighted by Gasteiger charge is -2.17. The van der Waals surface area contributed by atoms with Crippen LogP contribution in [0.5, 0.6) is 5.75 Å². The highest BCUT2D eigenvalue weighted by molar-refractivity contribution is 8.16. The molecule has 0 saturated carbocycles. The fourth-order valence-electron chi connectivity index (χ4n) is 2.26. The smallest absolute Gasteiger partial charge is 0.255 e. The van der Waals surface area contributed by atoms with Crippen LogP contribution < -0.4 is 10.1 Å². The predicted molar refractivity (Wildman–Crippen MR) is 110 cm³/mol. The molecule has 0 unspecified atom stereocenters. The van der Waals surface area contributed by atoms with Crippen LogP contribution in [0.2, 0.25) is 0 Å². The summed E-state index contributed by atoms with van der Waals surface area (Å²) >= 11 is 1.03. The second kappa shape index (κ2) is 10.4. The summed E-state index contributed by atoms with van der Waals surface area (Å²) in [6.07, 6.45) is 0. The van der Waals surface area contributed by atoms with E-state index >= 15 is 0 Å². The second-order valence-corrected chi connectivity index (χ2v) is 6.49. The number of hydrogen-bond donors (Lipinski definition) is 1. The lowest BCUT2D eigenvalue weighted by atomic mass is 10.2. The van der Waals surface area contributed by atoms with Crippen LogP contribution in [0.1, 0.15) is 10.4 Å². The van der Waals surface area contributed by atoms with Gasteiger partial charge in [0.2, 0.25) is 5.12 Å². The zero-order chi connectivity index (χ0) is 18.7. The number of thioether (sulfide) groups is 1. The Hall–Kier alpha value is -2.76. The van der Waals surface area contributed by atoms with Crippen molar-refractivity contribution in [3.05, 3.63) is 102 Å². The largest absolute Gasteiger partial charge is 0.491 e. The maximum Gasteiger partial charge on any atom is 0.255 e. The van der Waals surface area contributed by atoms with E-state index in [-0.39, 0.29) is 5.12 Å². The first kappa shape index (κ1) is 19.0. The van der Waals surface area contributed by atoms with E-state index in [9.17, 15) is 4.79 Å². The Morgan fingerprint density at radius 1 is 0.778 bits per heavy atom. The van der Waals surface area contributed by atoms with Gasteiger partial charge in [0.05, 0.1) is 6.61 Å². The van der Waals surface area contributed by atoms with E-state index in [2.05, 4.69) is 5.32 Å². The SMILES string of the molecule is O=C(S[C](Nc1ccccc1)OCCOc1ccccc1)c1ccccc1. The summed E-state index contributed by atoms with van der Waals surface area (Å²) in [5, 5.41) is 3.07.